The molecule has 4 amide bonds. The number of amides is 4. The molecule has 2 aromatic heterocycles. The molecule has 4 fully saturated rings. The first-order valence-electron chi connectivity index (χ1n) is 19.8. The molecule has 294 valence electrons. The van der Waals surface area contributed by atoms with Crippen molar-refractivity contribution in [3.63, 3.8) is 0 Å². The number of ether oxygens (including phenoxy) is 1. The summed E-state index contributed by atoms with van der Waals surface area (Å²) in [5.74, 6) is -0.146. The number of aromatic nitrogens is 2. The van der Waals surface area contributed by atoms with E-state index in [1.165, 1.54) is 11.0 Å². The van der Waals surface area contributed by atoms with Crippen LogP contribution in [-0.2, 0) is 20.9 Å². The van der Waals surface area contributed by atoms with Gasteiger partial charge in [-0.1, -0.05) is 0 Å². The maximum atomic E-state index is 15.9. The summed E-state index contributed by atoms with van der Waals surface area (Å²) in [5, 5.41) is 10.0. The monoisotopic (exact) mass is 776 g/mol. The van der Waals surface area contributed by atoms with E-state index in [1.807, 2.05) is 11.8 Å². The Kier molecular flexibility index (Phi) is 8.61. The fourth-order valence-corrected chi connectivity index (χ4v) is 9.85. The molecule has 57 heavy (non-hydrogen) atoms. The van der Waals surface area contributed by atoms with Crippen molar-refractivity contribution in [2.24, 2.45) is 23.7 Å². The second-order valence-corrected chi connectivity index (χ2v) is 16.3. The van der Waals surface area contributed by atoms with Crippen molar-refractivity contribution in [3.05, 3.63) is 71.1 Å². The van der Waals surface area contributed by atoms with Crippen LogP contribution in [-0.4, -0.2) is 95.3 Å². The molecule has 2 aromatic carbocycles. The molecule has 5 aliphatic heterocycles. The molecule has 4 aromatic rings. The van der Waals surface area contributed by atoms with Crippen LogP contribution in [0.4, 0.5) is 26.0 Å². The predicted octanol–water partition coefficient (Wildman–Crippen LogP) is 4.48. The number of halogens is 2. The summed E-state index contributed by atoms with van der Waals surface area (Å²) in [7, 11) is 0. The Hall–Kier alpha value is -5.70. The minimum atomic E-state index is -0.783. The Bertz CT molecular complexity index is 2370. The van der Waals surface area contributed by atoms with Gasteiger partial charge in [0.1, 0.15) is 30.0 Å². The van der Waals surface area contributed by atoms with E-state index < -0.39 is 17.8 Å². The number of carbonyl (C=O) groups is 4. The van der Waals surface area contributed by atoms with Gasteiger partial charge < -0.3 is 30.1 Å². The highest BCUT2D eigenvalue weighted by Gasteiger charge is 2.59. The first-order chi connectivity index (χ1) is 27.6. The van der Waals surface area contributed by atoms with Gasteiger partial charge in [0.2, 0.25) is 23.6 Å². The number of imide groups is 1. The van der Waals surface area contributed by atoms with E-state index in [9.17, 15) is 19.2 Å². The molecule has 15 heteroatoms. The predicted molar refractivity (Wildman–Crippen MR) is 207 cm³/mol. The van der Waals surface area contributed by atoms with Crippen molar-refractivity contribution >= 4 is 51.6 Å². The number of pyridine rings is 2. The van der Waals surface area contributed by atoms with Gasteiger partial charge in [0.25, 0.3) is 5.91 Å². The van der Waals surface area contributed by atoms with Crippen LogP contribution in [0.25, 0.3) is 21.9 Å². The number of anilines is 3. The lowest BCUT2D eigenvalue weighted by atomic mass is 9.95. The van der Waals surface area contributed by atoms with E-state index >= 15 is 8.78 Å². The van der Waals surface area contributed by atoms with E-state index in [2.05, 4.69) is 30.8 Å². The lowest BCUT2D eigenvalue weighted by Crippen LogP contribution is -2.52. The van der Waals surface area contributed by atoms with Gasteiger partial charge in [0.15, 0.2) is 5.82 Å². The standard InChI is InChI=1S/C42H42F2N8O5/c1-21-27(16-47-41-38(21)45-8-11-57-41)26-12-23-14-34(46-15-24(23)13-31(26)43)48-40(55)36-28-18-50(19-29(28)36)17-22-6-9-51(10-7-22)32-3-2-25-30(37(32)44)20-52(42(25)56)33-4-5-35(53)49-39(33)54/h2-3,12-16,22,28-29,33,36,45H,4-11,17-20H2,1H3,(H,46,48,55)(H,49,53,54)/t28-,29+,33?,36?. The Labute approximate surface area is 327 Å². The van der Waals surface area contributed by atoms with Crippen LogP contribution in [0.5, 0.6) is 5.88 Å². The van der Waals surface area contributed by atoms with Gasteiger partial charge in [-0.2, -0.15) is 0 Å². The van der Waals surface area contributed by atoms with Gasteiger partial charge in [0, 0.05) is 91.6 Å². The molecule has 3 saturated heterocycles. The number of likely N-dealkylation sites (tertiary alicyclic amines) is 1. The maximum Gasteiger partial charge on any atom is 0.255 e. The number of hydrogen-bond acceptors (Lipinski definition) is 10. The smallest absolute Gasteiger partial charge is 0.255 e. The van der Waals surface area contributed by atoms with Gasteiger partial charge in [-0.15, -0.1) is 0 Å². The lowest BCUT2D eigenvalue weighted by molar-refractivity contribution is -0.137. The average Bonchev–Trinajstić information content (AvgIpc) is 3.52. The summed E-state index contributed by atoms with van der Waals surface area (Å²) in [5.41, 5.74) is 3.77. The molecule has 1 aliphatic carbocycles. The summed E-state index contributed by atoms with van der Waals surface area (Å²) < 4.78 is 36.9. The summed E-state index contributed by atoms with van der Waals surface area (Å²) in [4.78, 5) is 65.3. The molecule has 6 aliphatic rings. The first kappa shape index (κ1) is 35.7. The molecule has 13 nitrogen and oxygen atoms in total. The molecule has 1 saturated carbocycles. The third-order valence-electron chi connectivity index (χ3n) is 13.0. The minimum Gasteiger partial charge on any atom is -0.474 e. The Morgan fingerprint density at radius 2 is 1.77 bits per heavy atom. The highest BCUT2D eigenvalue weighted by atomic mass is 19.1. The summed E-state index contributed by atoms with van der Waals surface area (Å²) >= 11 is 0. The fraction of sp³-hybridized carbons (Fsp3) is 0.429. The van der Waals surface area contributed by atoms with Gasteiger partial charge in [-0.05, 0) is 85.2 Å². The number of carbonyl (C=O) groups excluding carboxylic acids is 4. The number of hydrogen-bond donors (Lipinski definition) is 3. The average molecular weight is 777 g/mol. The third kappa shape index (κ3) is 6.22. The van der Waals surface area contributed by atoms with Gasteiger partial charge >= 0.3 is 0 Å². The lowest BCUT2D eigenvalue weighted by Gasteiger charge is -2.36. The van der Waals surface area contributed by atoms with Gasteiger partial charge in [0.05, 0.1) is 12.2 Å². The Balaban J connectivity index is 0.725. The van der Waals surface area contributed by atoms with Crippen LogP contribution in [0.1, 0.15) is 47.2 Å². The molecule has 0 bridgehead atoms. The van der Waals surface area contributed by atoms with E-state index in [-0.39, 0.29) is 54.4 Å². The van der Waals surface area contributed by atoms with Crippen molar-refractivity contribution in [1.29, 1.82) is 0 Å². The number of fused-ring (bicyclic) bond motifs is 4. The zero-order valence-corrected chi connectivity index (χ0v) is 31.4. The van der Waals surface area contributed by atoms with Crippen molar-refractivity contribution in [1.82, 2.24) is 25.1 Å². The van der Waals surface area contributed by atoms with Gasteiger partial charge in [-0.25, -0.2) is 18.7 Å². The quantitative estimate of drug-likeness (QED) is 0.230. The normalized spacial score (nSPS) is 24.4. The van der Waals surface area contributed by atoms with Crippen molar-refractivity contribution < 1.29 is 32.7 Å². The van der Waals surface area contributed by atoms with Crippen molar-refractivity contribution in [2.45, 2.75) is 45.2 Å². The highest BCUT2D eigenvalue weighted by Crippen LogP contribution is 2.52. The van der Waals surface area contributed by atoms with Crippen LogP contribution in [0.2, 0.25) is 0 Å². The molecule has 2 unspecified atom stereocenters. The minimum absolute atomic E-state index is 0.0105. The van der Waals surface area contributed by atoms with E-state index in [0.717, 1.165) is 49.1 Å². The number of piperidine rings is 3. The van der Waals surface area contributed by atoms with Crippen LogP contribution in [0.15, 0.2) is 42.7 Å². The number of nitrogens with zero attached hydrogens (tertiary/aromatic N) is 5. The largest absolute Gasteiger partial charge is 0.474 e. The SMILES string of the molecule is Cc1c(-c2cc3cc(NC(=O)C4[C@H]5CN(CC6CCN(c7ccc8c(c7F)CN(C7CCC(=O)NC7=O)C8=O)CC6)C[C@@H]45)ncc3cc2F)cnc2c1NCCO2. The molecular weight excluding hydrogens is 735 g/mol. The molecule has 0 spiro atoms. The van der Waals surface area contributed by atoms with Crippen molar-refractivity contribution in [3.8, 4) is 17.0 Å². The highest BCUT2D eigenvalue weighted by molar-refractivity contribution is 6.05. The first-order valence-corrected chi connectivity index (χ1v) is 19.8. The molecule has 7 heterocycles. The molecular formula is C42H42F2N8O5. The van der Waals surface area contributed by atoms with E-state index in [0.29, 0.717) is 83.5 Å². The van der Waals surface area contributed by atoms with Crippen LogP contribution in [0.3, 0.4) is 0 Å². The summed E-state index contributed by atoms with van der Waals surface area (Å²) in [6.07, 6.45) is 5.41. The zero-order valence-electron chi connectivity index (χ0n) is 31.4. The molecule has 3 N–H and O–H groups in total. The van der Waals surface area contributed by atoms with Crippen LogP contribution >= 0.6 is 0 Å². The second kappa shape index (κ2) is 13.7. The van der Waals surface area contributed by atoms with Gasteiger partial charge in [-0.3, -0.25) is 24.5 Å². The number of rotatable bonds is 7. The summed E-state index contributed by atoms with van der Waals surface area (Å²) in [6.45, 7) is 7.16. The van der Waals surface area contributed by atoms with Crippen LogP contribution in [0, 0.1) is 42.2 Å². The summed E-state index contributed by atoms with van der Waals surface area (Å²) in [6, 6.07) is 7.58. The Morgan fingerprint density at radius 1 is 0.965 bits per heavy atom. The Morgan fingerprint density at radius 3 is 2.56 bits per heavy atom. The molecule has 0 radical (unpaired) electrons. The number of nitrogens with one attached hydrogen (secondary N) is 3. The zero-order chi connectivity index (χ0) is 39.1. The fourth-order valence-electron chi connectivity index (χ4n) is 9.85. The molecule has 10 rings (SSSR count). The van der Waals surface area contributed by atoms with E-state index in [1.54, 1.807) is 36.7 Å². The third-order valence-corrected chi connectivity index (χ3v) is 13.0. The van der Waals surface area contributed by atoms with E-state index in [4.69, 9.17) is 4.74 Å². The van der Waals surface area contributed by atoms with Crippen LogP contribution < -0.4 is 25.6 Å². The second-order valence-electron chi connectivity index (χ2n) is 16.3. The number of benzene rings is 2. The molecule has 4 atom stereocenters. The topological polar surface area (TPSA) is 149 Å². The maximum absolute atomic E-state index is 15.9. The van der Waals surface area contributed by atoms with Crippen molar-refractivity contribution in [2.75, 3.05) is 61.4 Å².